The average molecular weight is 218 g/mol. The van der Waals surface area contributed by atoms with Crippen molar-refractivity contribution in [2.24, 2.45) is 0 Å². The zero-order valence-electron chi connectivity index (χ0n) is 11.1. The second-order valence-electron chi connectivity index (χ2n) is 4.95. The number of benzene rings is 1. The molecule has 0 radical (unpaired) electrons. The fraction of sp³-hybridized carbons (Fsp3) is 0.533. The Morgan fingerprint density at radius 3 is 2.12 bits per heavy atom. The third-order valence-corrected chi connectivity index (χ3v) is 3.16. The minimum Gasteiger partial charge on any atom is -0.300 e. The quantitative estimate of drug-likeness (QED) is 0.744. The lowest BCUT2D eigenvalue weighted by atomic mass is 9.87. The van der Waals surface area contributed by atoms with E-state index in [2.05, 4.69) is 39.8 Å². The maximum Gasteiger partial charge on any atom is 0.129 e. The highest BCUT2D eigenvalue weighted by molar-refractivity contribution is 5.75. The van der Waals surface area contributed by atoms with Crippen molar-refractivity contribution in [2.45, 2.75) is 53.4 Å². The molecule has 0 heterocycles. The molecule has 0 saturated carbocycles. The standard InChI is InChI=1S/C15H22O/c1-10-8-12(3)15(13(4)9-10)11(2)6-7-14(5)16/h8-9,11H,6-7H2,1-5H3. The van der Waals surface area contributed by atoms with E-state index in [4.69, 9.17) is 0 Å². The fourth-order valence-electron chi connectivity index (χ4n) is 2.53. The molecule has 0 aliphatic heterocycles. The van der Waals surface area contributed by atoms with Crippen molar-refractivity contribution in [3.63, 3.8) is 0 Å². The van der Waals surface area contributed by atoms with Crippen LogP contribution in [0.4, 0.5) is 0 Å². The van der Waals surface area contributed by atoms with Crippen LogP contribution in [-0.2, 0) is 4.79 Å². The van der Waals surface area contributed by atoms with Crippen molar-refractivity contribution in [3.05, 3.63) is 34.4 Å². The summed E-state index contributed by atoms with van der Waals surface area (Å²) in [4.78, 5) is 11.0. The highest BCUT2D eigenvalue weighted by Gasteiger charge is 2.12. The van der Waals surface area contributed by atoms with Crippen LogP contribution in [0.2, 0.25) is 0 Å². The van der Waals surface area contributed by atoms with Gasteiger partial charge in [-0.2, -0.15) is 0 Å². The van der Waals surface area contributed by atoms with Crippen LogP contribution < -0.4 is 0 Å². The van der Waals surface area contributed by atoms with Gasteiger partial charge in [0.05, 0.1) is 0 Å². The van der Waals surface area contributed by atoms with E-state index >= 15 is 0 Å². The number of rotatable bonds is 4. The third kappa shape index (κ3) is 3.19. The fourth-order valence-corrected chi connectivity index (χ4v) is 2.53. The predicted octanol–water partition coefficient (Wildman–Crippen LogP) is 4.08. The first kappa shape index (κ1) is 13.0. The summed E-state index contributed by atoms with van der Waals surface area (Å²) in [7, 11) is 0. The summed E-state index contributed by atoms with van der Waals surface area (Å²) in [6.45, 7) is 10.3. The molecule has 16 heavy (non-hydrogen) atoms. The molecule has 1 aromatic rings. The molecule has 0 aliphatic carbocycles. The van der Waals surface area contributed by atoms with Crippen LogP contribution in [0.15, 0.2) is 12.1 Å². The molecule has 88 valence electrons. The summed E-state index contributed by atoms with van der Waals surface area (Å²) in [5.41, 5.74) is 5.45. The molecule has 1 heteroatoms. The second-order valence-corrected chi connectivity index (χ2v) is 4.95. The van der Waals surface area contributed by atoms with Crippen LogP contribution in [0, 0.1) is 20.8 Å². The van der Waals surface area contributed by atoms with Crippen molar-refractivity contribution in [3.8, 4) is 0 Å². The monoisotopic (exact) mass is 218 g/mol. The molecule has 1 nitrogen and oxygen atoms in total. The molecule has 0 saturated heterocycles. The number of carbonyl (C=O) groups is 1. The summed E-state index contributed by atoms with van der Waals surface area (Å²) >= 11 is 0. The Balaban J connectivity index is 2.90. The number of hydrogen-bond acceptors (Lipinski definition) is 1. The van der Waals surface area contributed by atoms with E-state index in [1.807, 2.05) is 0 Å². The van der Waals surface area contributed by atoms with E-state index in [1.165, 1.54) is 22.3 Å². The maximum atomic E-state index is 11.0. The normalized spacial score (nSPS) is 12.6. The lowest BCUT2D eigenvalue weighted by molar-refractivity contribution is -0.117. The first-order valence-electron chi connectivity index (χ1n) is 5.99. The molecule has 0 aromatic heterocycles. The van der Waals surface area contributed by atoms with Crippen LogP contribution in [0.3, 0.4) is 0 Å². The Morgan fingerprint density at radius 2 is 1.69 bits per heavy atom. The van der Waals surface area contributed by atoms with Gasteiger partial charge in [-0.1, -0.05) is 24.6 Å². The predicted molar refractivity (Wildman–Crippen MR) is 69.0 cm³/mol. The Kier molecular flexibility index (Phi) is 4.28. The Morgan fingerprint density at radius 1 is 1.19 bits per heavy atom. The largest absolute Gasteiger partial charge is 0.300 e. The minimum atomic E-state index is 0.286. The molecule has 0 aliphatic rings. The van der Waals surface area contributed by atoms with E-state index in [0.717, 1.165) is 6.42 Å². The Labute approximate surface area is 98.9 Å². The van der Waals surface area contributed by atoms with Gasteiger partial charge in [0.25, 0.3) is 0 Å². The number of carbonyl (C=O) groups excluding carboxylic acids is 1. The van der Waals surface area contributed by atoms with Crippen LogP contribution in [0.25, 0.3) is 0 Å². The lowest BCUT2D eigenvalue weighted by Crippen LogP contribution is -2.03. The van der Waals surface area contributed by atoms with E-state index in [-0.39, 0.29) is 5.78 Å². The molecule has 0 amide bonds. The topological polar surface area (TPSA) is 17.1 Å². The van der Waals surface area contributed by atoms with Gasteiger partial charge in [0, 0.05) is 6.42 Å². The van der Waals surface area contributed by atoms with Crippen LogP contribution in [0.1, 0.15) is 54.9 Å². The SMILES string of the molecule is CC(=O)CCC(C)c1c(C)cc(C)cc1C. The molecule has 1 aromatic carbocycles. The summed E-state index contributed by atoms with van der Waals surface area (Å²) in [6, 6.07) is 4.46. The molecule has 1 rings (SSSR count). The van der Waals surface area contributed by atoms with Crippen LogP contribution in [-0.4, -0.2) is 5.78 Å². The smallest absolute Gasteiger partial charge is 0.129 e. The van der Waals surface area contributed by atoms with Gasteiger partial charge in [0.15, 0.2) is 0 Å². The second kappa shape index (κ2) is 5.29. The zero-order valence-corrected chi connectivity index (χ0v) is 11.1. The number of ketones is 1. The van der Waals surface area contributed by atoms with Crippen molar-refractivity contribution in [1.82, 2.24) is 0 Å². The van der Waals surface area contributed by atoms with E-state index in [9.17, 15) is 4.79 Å². The summed E-state index contributed by atoms with van der Waals surface area (Å²) in [5, 5.41) is 0. The molecule has 1 unspecified atom stereocenters. The summed E-state index contributed by atoms with van der Waals surface area (Å²) < 4.78 is 0. The van der Waals surface area contributed by atoms with E-state index in [0.29, 0.717) is 12.3 Å². The third-order valence-electron chi connectivity index (χ3n) is 3.16. The van der Waals surface area contributed by atoms with Crippen molar-refractivity contribution < 1.29 is 4.79 Å². The van der Waals surface area contributed by atoms with Gasteiger partial charge in [0.2, 0.25) is 0 Å². The van der Waals surface area contributed by atoms with Gasteiger partial charge < -0.3 is 4.79 Å². The number of Topliss-reactive ketones (excluding diaryl/α,β-unsaturated/α-hetero) is 1. The molecule has 0 bridgehead atoms. The molecule has 0 N–H and O–H groups in total. The molecule has 0 spiro atoms. The van der Waals surface area contributed by atoms with E-state index < -0.39 is 0 Å². The summed E-state index contributed by atoms with van der Waals surface area (Å²) in [6.07, 6.45) is 1.65. The zero-order chi connectivity index (χ0) is 12.3. The number of aryl methyl sites for hydroxylation is 3. The van der Waals surface area contributed by atoms with Gasteiger partial charge in [0.1, 0.15) is 5.78 Å². The van der Waals surface area contributed by atoms with Gasteiger partial charge >= 0.3 is 0 Å². The highest BCUT2D eigenvalue weighted by Crippen LogP contribution is 2.28. The molecule has 1 atom stereocenters. The van der Waals surface area contributed by atoms with Gasteiger partial charge in [-0.25, -0.2) is 0 Å². The van der Waals surface area contributed by atoms with Crippen molar-refractivity contribution in [1.29, 1.82) is 0 Å². The van der Waals surface area contributed by atoms with E-state index in [1.54, 1.807) is 6.92 Å². The van der Waals surface area contributed by atoms with Gasteiger partial charge in [-0.3, -0.25) is 0 Å². The van der Waals surface area contributed by atoms with Crippen LogP contribution >= 0.6 is 0 Å². The highest BCUT2D eigenvalue weighted by atomic mass is 16.1. The summed E-state index contributed by atoms with van der Waals surface area (Å²) in [5.74, 6) is 0.763. The molecule has 0 fully saturated rings. The van der Waals surface area contributed by atoms with Crippen LogP contribution in [0.5, 0.6) is 0 Å². The van der Waals surface area contributed by atoms with Gasteiger partial charge in [-0.05, 0) is 56.7 Å². The Bertz CT molecular complexity index is 367. The first-order chi connectivity index (χ1) is 7.41. The minimum absolute atomic E-state index is 0.286. The van der Waals surface area contributed by atoms with Gasteiger partial charge in [-0.15, -0.1) is 0 Å². The van der Waals surface area contributed by atoms with Crippen molar-refractivity contribution >= 4 is 5.78 Å². The molecular formula is C15H22O. The average Bonchev–Trinajstić information content (AvgIpc) is 2.12. The number of hydrogen-bond donors (Lipinski definition) is 0. The Hall–Kier alpha value is -1.11. The maximum absolute atomic E-state index is 11.0. The lowest BCUT2D eigenvalue weighted by Gasteiger charge is -2.18. The van der Waals surface area contributed by atoms with Crippen molar-refractivity contribution in [2.75, 3.05) is 0 Å². The first-order valence-corrected chi connectivity index (χ1v) is 5.99. The molecular weight excluding hydrogens is 196 g/mol.